The van der Waals surface area contributed by atoms with E-state index in [2.05, 4.69) is 11.7 Å². The summed E-state index contributed by atoms with van der Waals surface area (Å²) in [7, 11) is 0.873. The van der Waals surface area contributed by atoms with Gasteiger partial charge in [-0.1, -0.05) is 34.8 Å². The molecular weight excluding hydrogens is 183 g/mol. The smallest absolute Gasteiger partial charge is 0.107 e. The molecule has 0 N–H and O–H groups in total. The summed E-state index contributed by atoms with van der Waals surface area (Å²) in [6.45, 7) is 0. The number of rotatable bonds is 0. The Bertz CT molecular complexity index is 38.5. The molecule has 0 spiro atoms. The Balaban J connectivity index is 3.17. The van der Waals surface area contributed by atoms with Gasteiger partial charge in [-0.05, 0) is 10.8 Å². The van der Waals surface area contributed by atoms with Gasteiger partial charge >= 0.3 is 0 Å². The molecule has 5 heteroatoms. The zero-order chi connectivity index (χ0) is 5.21. The molecule has 0 heterocycles. The highest BCUT2D eigenvalue weighted by Gasteiger charge is 2.16. The summed E-state index contributed by atoms with van der Waals surface area (Å²) in [6.07, 6.45) is 0. The second-order valence-electron chi connectivity index (χ2n) is 0.537. The standard InChI is InChI=1S/CHCl3S2/c2-1(3,4)6-5/h5H. The predicted octanol–water partition coefficient (Wildman–Crippen LogP) is 2.89. The first-order valence-electron chi connectivity index (χ1n) is 0.954. The SMILES string of the molecule is SSC(Cl)(Cl)Cl. The average Bonchev–Trinajstić information content (AvgIpc) is 1.35. The molecule has 0 rings (SSSR count). The van der Waals surface area contributed by atoms with E-state index in [-0.39, 0.29) is 0 Å². The Labute approximate surface area is 60.3 Å². The van der Waals surface area contributed by atoms with Crippen molar-refractivity contribution in [2.75, 3.05) is 0 Å². The highest BCUT2D eigenvalue weighted by Crippen LogP contribution is 2.40. The molecule has 0 saturated heterocycles. The van der Waals surface area contributed by atoms with Crippen LogP contribution in [0.5, 0.6) is 0 Å². The van der Waals surface area contributed by atoms with Crippen molar-refractivity contribution in [3.63, 3.8) is 0 Å². The zero-order valence-electron chi connectivity index (χ0n) is 2.49. The van der Waals surface area contributed by atoms with Crippen LogP contribution in [0.1, 0.15) is 0 Å². The van der Waals surface area contributed by atoms with Crippen molar-refractivity contribution in [2.45, 2.75) is 3.12 Å². The molecule has 0 bridgehead atoms. The lowest BCUT2D eigenvalue weighted by molar-refractivity contribution is 1.81. The van der Waals surface area contributed by atoms with Gasteiger partial charge in [-0.25, -0.2) is 0 Å². The van der Waals surface area contributed by atoms with Gasteiger partial charge in [0.15, 0.2) is 0 Å². The summed E-state index contributed by atoms with van der Waals surface area (Å²) in [6, 6.07) is 0. The first-order chi connectivity index (χ1) is 2.56. The summed E-state index contributed by atoms with van der Waals surface area (Å²) >= 11 is 19.0. The minimum absolute atomic E-state index is 0.873. The Morgan fingerprint density at radius 2 is 1.50 bits per heavy atom. The molecule has 0 aliphatic heterocycles. The van der Waals surface area contributed by atoms with Crippen LogP contribution in [0, 0.1) is 0 Å². The Morgan fingerprint density at radius 1 is 1.33 bits per heavy atom. The monoisotopic (exact) mass is 182 g/mol. The van der Waals surface area contributed by atoms with Crippen molar-refractivity contribution in [1.82, 2.24) is 0 Å². The highest BCUT2D eigenvalue weighted by atomic mass is 35.6. The molecule has 0 aliphatic carbocycles. The fourth-order valence-electron chi connectivity index (χ4n) is 0. The van der Waals surface area contributed by atoms with Gasteiger partial charge in [0.25, 0.3) is 0 Å². The zero-order valence-corrected chi connectivity index (χ0v) is 6.47. The third kappa shape index (κ3) is 5.57. The van der Waals surface area contributed by atoms with E-state index in [1.807, 2.05) is 0 Å². The van der Waals surface area contributed by atoms with E-state index >= 15 is 0 Å². The van der Waals surface area contributed by atoms with Crippen LogP contribution in [0.15, 0.2) is 0 Å². The second-order valence-corrected chi connectivity index (χ2v) is 4.83. The van der Waals surface area contributed by atoms with Crippen LogP contribution in [0.4, 0.5) is 0 Å². The van der Waals surface area contributed by atoms with E-state index in [9.17, 15) is 0 Å². The molecule has 0 atom stereocenters. The molecular formula is CHCl3S2. The second kappa shape index (κ2) is 2.78. The molecule has 0 radical (unpaired) electrons. The lowest BCUT2D eigenvalue weighted by Crippen LogP contribution is -1.86. The molecule has 0 nitrogen and oxygen atoms in total. The van der Waals surface area contributed by atoms with Crippen molar-refractivity contribution in [2.24, 2.45) is 0 Å². The van der Waals surface area contributed by atoms with E-state index in [0.717, 1.165) is 10.8 Å². The van der Waals surface area contributed by atoms with Gasteiger partial charge in [-0.15, -0.1) is 11.7 Å². The number of alkyl halides is 3. The van der Waals surface area contributed by atoms with Gasteiger partial charge in [0.2, 0.25) is 3.12 Å². The molecule has 0 fully saturated rings. The van der Waals surface area contributed by atoms with Crippen LogP contribution in [-0.4, -0.2) is 3.12 Å². The highest BCUT2D eigenvalue weighted by molar-refractivity contribution is 8.70. The summed E-state index contributed by atoms with van der Waals surface area (Å²) < 4.78 is -1.26. The van der Waals surface area contributed by atoms with E-state index in [4.69, 9.17) is 34.8 Å². The molecule has 0 aromatic carbocycles. The predicted molar refractivity (Wildman–Crippen MR) is 36.9 cm³/mol. The lowest BCUT2D eigenvalue weighted by atomic mass is 11.8. The number of thiol groups is 1. The Kier molecular flexibility index (Phi) is 3.50. The van der Waals surface area contributed by atoms with Crippen molar-refractivity contribution in [1.29, 1.82) is 0 Å². The van der Waals surface area contributed by atoms with Crippen LogP contribution in [-0.2, 0) is 0 Å². The van der Waals surface area contributed by atoms with Gasteiger partial charge in [-0.2, -0.15) is 0 Å². The molecule has 0 aromatic rings. The summed E-state index contributed by atoms with van der Waals surface area (Å²) in [5.41, 5.74) is 0. The third-order valence-electron chi connectivity index (χ3n) is 0.104. The first-order valence-corrected chi connectivity index (χ1v) is 3.96. The fraction of sp³-hybridized carbons (Fsp3) is 1.00. The summed E-state index contributed by atoms with van der Waals surface area (Å²) in [5, 5.41) is 0. The Morgan fingerprint density at radius 3 is 1.50 bits per heavy atom. The van der Waals surface area contributed by atoms with E-state index in [0.29, 0.717) is 0 Å². The maximum atomic E-state index is 5.14. The minimum Gasteiger partial charge on any atom is -0.107 e. The molecule has 38 valence electrons. The van der Waals surface area contributed by atoms with Gasteiger partial charge in [0.1, 0.15) is 0 Å². The Hall–Kier alpha value is 1.57. The molecule has 0 amide bonds. The fourth-order valence-corrected chi connectivity index (χ4v) is 0. The molecule has 0 aliphatic rings. The summed E-state index contributed by atoms with van der Waals surface area (Å²) in [4.78, 5) is 0. The quantitative estimate of drug-likeness (QED) is 0.342. The van der Waals surface area contributed by atoms with Gasteiger partial charge in [0, 0.05) is 0 Å². The maximum absolute atomic E-state index is 5.14. The third-order valence-corrected chi connectivity index (χ3v) is 2.79. The van der Waals surface area contributed by atoms with Crippen molar-refractivity contribution in [3.05, 3.63) is 0 Å². The van der Waals surface area contributed by atoms with E-state index in [1.165, 1.54) is 0 Å². The molecule has 0 saturated carbocycles. The van der Waals surface area contributed by atoms with Gasteiger partial charge in [-0.3, -0.25) is 0 Å². The van der Waals surface area contributed by atoms with Gasteiger partial charge < -0.3 is 0 Å². The van der Waals surface area contributed by atoms with Crippen molar-refractivity contribution >= 4 is 57.3 Å². The molecule has 0 unspecified atom stereocenters. The van der Waals surface area contributed by atoms with Crippen molar-refractivity contribution < 1.29 is 0 Å². The first kappa shape index (κ1) is 7.57. The molecule has 0 aromatic heterocycles. The maximum Gasteiger partial charge on any atom is 0.247 e. The normalized spacial score (nSPS) is 12.0. The van der Waals surface area contributed by atoms with Crippen LogP contribution in [0.25, 0.3) is 0 Å². The number of halogens is 3. The number of hydrogen-bond acceptors (Lipinski definition) is 2. The van der Waals surface area contributed by atoms with Crippen LogP contribution >= 0.6 is 57.3 Å². The average molecular weight is 184 g/mol. The van der Waals surface area contributed by atoms with E-state index < -0.39 is 3.12 Å². The van der Waals surface area contributed by atoms with E-state index in [1.54, 1.807) is 0 Å². The van der Waals surface area contributed by atoms with Crippen LogP contribution < -0.4 is 0 Å². The van der Waals surface area contributed by atoms with Gasteiger partial charge in [0.05, 0.1) is 0 Å². The summed E-state index contributed by atoms with van der Waals surface area (Å²) in [5.74, 6) is 0. The molecule has 6 heavy (non-hydrogen) atoms. The topological polar surface area (TPSA) is 0 Å². The minimum atomic E-state index is -1.26. The lowest BCUT2D eigenvalue weighted by Gasteiger charge is -2.00. The van der Waals surface area contributed by atoms with Crippen LogP contribution in [0.2, 0.25) is 0 Å². The largest absolute Gasteiger partial charge is 0.247 e. The van der Waals surface area contributed by atoms with Crippen LogP contribution in [0.3, 0.4) is 0 Å². The number of hydrogen-bond donors (Lipinski definition) is 1. The van der Waals surface area contributed by atoms with Crippen molar-refractivity contribution in [3.8, 4) is 0 Å².